The molecular weight excluding hydrogens is 319 g/mol. The number of para-hydroxylation sites is 1. The molecule has 2 heterocycles. The molecule has 0 saturated heterocycles. The van der Waals surface area contributed by atoms with E-state index in [-0.39, 0.29) is 18.1 Å². The van der Waals surface area contributed by atoms with Crippen molar-refractivity contribution in [2.75, 3.05) is 11.4 Å². The average molecular weight is 336 g/mol. The van der Waals surface area contributed by atoms with E-state index in [9.17, 15) is 9.18 Å². The molecule has 0 bridgehead atoms. The number of hydrogen-bond acceptors (Lipinski definition) is 3. The second-order valence-corrected chi connectivity index (χ2v) is 6.11. The lowest BCUT2D eigenvalue weighted by Crippen LogP contribution is -2.30. The van der Waals surface area contributed by atoms with Crippen molar-refractivity contribution >= 4 is 11.6 Å². The van der Waals surface area contributed by atoms with E-state index in [1.54, 1.807) is 15.6 Å². The first kappa shape index (κ1) is 15.5. The Balaban J connectivity index is 1.57. The second kappa shape index (κ2) is 6.12. The number of halogens is 1. The van der Waals surface area contributed by atoms with E-state index in [0.29, 0.717) is 17.9 Å². The maximum atomic E-state index is 13.5. The van der Waals surface area contributed by atoms with Gasteiger partial charge in [-0.05, 0) is 43.2 Å². The highest BCUT2D eigenvalue weighted by Gasteiger charge is 2.26. The largest absolute Gasteiger partial charge is 0.311 e. The maximum Gasteiger partial charge on any atom is 0.233 e. The van der Waals surface area contributed by atoms with Gasteiger partial charge in [-0.1, -0.05) is 29.5 Å². The fourth-order valence-electron chi connectivity index (χ4n) is 3.19. The van der Waals surface area contributed by atoms with Crippen molar-refractivity contribution in [1.29, 1.82) is 0 Å². The Labute approximate surface area is 144 Å². The van der Waals surface area contributed by atoms with Gasteiger partial charge in [0.15, 0.2) is 0 Å². The number of aromatic nitrogens is 3. The topological polar surface area (TPSA) is 51.0 Å². The van der Waals surface area contributed by atoms with Crippen LogP contribution in [0.4, 0.5) is 10.1 Å². The number of anilines is 1. The van der Waals surface area contributed by atoms with E-state index in [1.165, 1.54) is 12.1 Å². The van der Waals surface area contributed by atoms with E-state index >= 15 is 0 Å². The Bertz CT molecular complexity index is 936. The summed E-state index contributed by atoms with van der Waals surface area (Å²) >= 11 is 0. The monoisotopic (exact) mass is 336 g/mol. The molecule has 1 amide bonds. The summed E-state index contributed by atoms with van der Waals surface area (Å²) in [5.41, 5.74) is 4.04. The van der Waals surface area contributed by atoms with Gasteiger partial charge in [-0.2, -0.15) is 0 Å². The Kier molecular flexibility index (Phi) is 3.80. The molecule has 25 heavy (non-hydrogen) atoms. The molecule has 1 aliphatic rings. The van der Waals surface area contributed by atoms with Crippen LogP contribution in [0.15, 0.2) is 48.5 Å². The molecule has 0 fully saturated rings. The second-order valence-electron chi connectivity index (χ2n) is 6.11. The number of carbonyl (C=O) groups excluding carboxylic acids is 1. The van der Waals surface area contributed by atoms with Crippen molar-refractivity contribution in [3.8, 4) is 5.69 Å². The Morgan fingerprint density at radius 1 is 1.20 bits per heavy atom. The van der Waals surface area contributed by atoms with Crippen molar-refractivity contribution in [1.82, 2.24) is 15.0 Å². The normalized spacial score (nSPS) is 13.1. The standard InChI is InChI=1S/C19H17FN4O/c1-13-17(21-22-24(13)16-5-3-2-4-6-16)12-19(25)23-10-9-14-7-8-15(20)11-18(14)23/h2-8,11H,9-10,12H2,1H3. The molecular formula is C19H17FN4O. The fourth-order valence-corrected chi connectivity index (χ4v) is 3.19. The predicted octanol–water partition coefficient (Wildman–Crippen LogP) is 2.85. The minimum absolute atomic E-state index is 0.0902. The highest BCUT2D eigenvalue weighted by molar-refractivity contribution is 5.96. The van der Waals surface area contributed by atoms with Crippen LogP contribution < -0.4 is 4.90 Å². The quantitative estimate of drug-likeness (QED) is 0.739. The summed E-state index contributed by atoms with van der Waals surface area (Å²) in [4.78, 5) is 14.4. The minimum atomic E-state index is -0.329. The van der Waals surface area contributed by atoms with Gasteiger partial charge >= 0.3 is 0 Å². The van der Waals surface area contributed by atoms with Gasteiger partial charge in [0, 0.05) is 12.2 Å². The van der Waals surface area contributed by atoms with Crippen LogP contribution in [0.2, 0.25) is 0 Å². The zero-order valence-electron chi connectivity index (χ0n) is 13.8. The molecule has 0 atom stereocenters. The number of benzene rings is 2. The number of carbonyl (C=O) groups is 1. The van der Waals surface area contributed by atoms with Gasteiger partial charge < -0.3 is 4.90 Å². The lowest BCUT2D eigenvalue weighted by atomic mass is 10.1. The van der Waals surface area contributed by atoms with Gasteiger partial charge in [-0.15, -0.1) is 5.10 Å². The van der Waals surface area contributed by atoms with E-state index in [0.717, 1.165) is 23.4 Å². The maximum absolute atomic E-state index is 13.5. The van der Waals surface area contributed by atoms with E-state index in [2.05, 4.69) is 10.3 Å². The third-order valence-corrected chi connectivity index (χ3v) is 4.55. The van der Waals surface area contributed by atoms with Crippen molar-refractivity contribution in [2.45, 2.75) is 19.8 Å². The molecule has 0 aliphatic carbocycles. The summed E-state index contributed by atoms with van der Waals surface area (Å²) < 4.78 is 15.2. The molecule has 0 spiro atoms. The summed E-state index contributed by atoms with van der Waals surface area (Å²) in [6.07, 6.45) is 0.895. The van der Waals surface area contributed by atoms with Crippen molar-refractivity contribution in [3.63, 3.8) is 0 Å². The van der Waals surface area contributed by atoms with Gasteiger partial charge in [0.25, 0.3) is 0 Å². The van der Waals surface area contributed by atoms with Crippen LogP contribution >= 0.6 is 0 Å². The molecule has 3 aromatic rings. The van der Waals surface area contributed by atoms with Crippen molar-refractivity contribution < 1.29 is 9.18 Å². The molecule has 0 N–H and O–H groups in total. The smallest absolute Gasteiger partial charge is 0.233 e. The molecule has 0 radical (unpaired) electrons. The van der Waals surface area contributed by atoms with Gasteiger partial charge in [-0.25, -0.2) is 9.07 Å². The van der Waals surface area contributed by atoms with Crippen molar-refractivity contribution in [3.05, 3.63) is 71.3 Å². The number of fused-ring (bicyclic) bond motifs is 1. The first-order chi connectivity index (χ1) is 12.1. The number of hydrogen-bond donors (Lipinski definition) is 0. The zero-order chi connectivity index (χ0) is 17.4. The van der Waals surface area contributed by atoms with Crippen LogP contribution in [-0.2, 0) is 17.6 Å². The highest BCUT2D eigenvalue weighted by Crippen LogP contribution is 2.29. The number of nitrogens with zero attached hydrogens (tertiary/aromatic N) is 4. The Morgan fingerprint density at radius 3 is 2.80 bits per heavy atom. The third kappa shape index (κ3) is 2.80. The average Bonchev–Trinajstić information content (AvgIpc) is 3.19. The van der Waals surface area contributed by atoms with Crippen LogP contribution in [-0.4, -0.2) is 27.4 Å². The van der Waals surface area contributed by atoms with Gasteiger partial charge in [-0.3, -0.25) is 4.79 Å². The van der Waals surface area contributed by atoms with Gasteiger partial charge in [0.05, 0.1) is 23.5 Å². The highest BCUT2D eigenvalue weighted by atomic mass is 19.1. The predicted molar refractivity (Wildman–Crippen MR) is 92.3 cm³/mol. The molecule has 6 heteroatoms. The summed E-state index contributed by atoms with van der Waals surface area (Å²) in [5.74, 6) is -0.419. The Hall–Kier alpha value is -3.02. The van der Waals surface area contributed by atoms with Crippen LogP contribution in [0, 0.1) is 12.7 Å². The van der Waals surface area contributed by atoms with E-state index < -0.39 is 0 Å². The molecule has 4 rings (SSSR count). The van der Waals surface area contributed by atoms with Gasteiger partial charge in [0.1, 0.15) is 5.82 Å². The zero-order valence-corrected chi connectivity index (χ0v) is 13.8. The number of rotatable bonds is 3. The molecule has 1 aromatic heterocycles. The van der Waals surface area contributed by atoms with Crippen molar-refractivity contribution in [2.24, 2.45) is 0 Å². The van der Waals surface area contributed by atoms with Crippen LogP contribution in [0.5, 0.6) is 0 Å². The summed E-state index contributed by atoms with van der Waals surface area (Å²) in [6.45, 7) is 2.47. The molecule has 126 valence electrons. The molecule has 5 nitrogen and oxygen atoms in total. The van der Waals surface area contributed by atoms with Crippen LogP contribution in [0.1, 0.15) is 17.0 Å². The summed E-state index contributed by atoms with van der Waals surface area (Å²) in [5, 5.41) is 8.33. The Morgan fingerprint density at radius 2 is 2.00 bits per heavy atom. The SMILES string of the molecule is Cc1c(CC(=O)N2CCc3ccc(F)cc32)nnn1-c1ccccc1. The van der Waals surface area contributed by atoms with Crippen LogP contribution in [0.3, 0.4) is 0 Å². The van der Waals surface area contributed by atoms with E-state index in [1.807, 2.05) is 37.3 Å². The van der Waals surface area contributed by atoms with Gasteiger partial charge in [0.2, 0.25) is 5.91 Å². The summed E-state index contributed by atoms with van der Waals surface area (Å²) in [7, 11) is 0. The molecule has 0 unspecified atom stereocenters. The molecule has 0 saturated carbocycles. The third-order valence-electron chi connectivity index (χ3n) is 4.55. The first-order valence-electron chi connectivity index (χ1n) is 8.19. The summed E-state index contributed by atoms with van der Waals surface area (Å²) in [6, 6.07) is 14.3. The first-order valence-corrected chi connectivity index (χ1v) is 8.19. The lowest BCUT2D eigenvalue weighted by Gasteiger charge is -2.17. The molecule has 1 aliphatic heterocycles. The fraction of sp³-hybridized carbons (Fsp3) is 0.211. The number of amides is 1. The minimum Gasteiger partial charge on any atom is -0.311 e. The molecule has 2 aromatic carbocycles. The van der Waals surface area contributed by atoms with E-state index in [4.69, 9.17) is 0 Å². The van der Waals surface area contributed by atoms with Crippen LogP contribution in [0.25, 0.3) is 5.69 Å². The lowest BCUT2D eigenvalue weighted by molar-refractivity contribution is -0.117.